The molecule has 1 rings (SSSR count). The van der Waals surface area contributed by atoms with Gasteiger partial charge in [0.2, 0.25) is 0 Å². The Kier molecular flexibility index (Phi) is 4.73. The van der Waals surface area contributed by atoms with Crippen LogP contribution in [0.15, 0.2) is 12.1 Å². The molecule has 0 bridgehead atoms. The van der Waals surface area contributed by atoms with Gasteiger partial charge in [-0.25, -0.2) is 0 Å². The van der Waals surface area contributed by atoms with Gasteiger partial charge < -0.3 is 5.11 Å². The number of benzene rings is 1. The maximum Gasteiger partial charge on any atom is 0.119 e. The van der Waals surface area contributed by atoms with Crippen molar-refractivity contribution in [2.24, 2.45) is 0 Å². The van der Waals surface area contributed by atoms with Crippen molar-refractivity contribution >= 4 is 7.92 Å². The molecule has 2 heteroatoms. The SMILES string of the molecule is CP(C)Cc1cc(C(C)(C)C)c(O)cc1C(C)(C)C. The molecule has 1 nitrogen and oxygen atoms in total. The van der Waals surface area contributed by atoms with E-state index in [4.69, 9.17) is 0 Å². The van der Waals surface area contributed by atoms with Crippen molar-refractivity contribution in [2.45, 2.75) is 58.5 Å². The van der Waals surface area contributed by atoms with Gasteiger partial charge in [0, 0.05) is 0 Å². The van der Waals surface area contributed by atoms with Crippen LogP contribution in [0.1, 0.15) is 58.2 Å². The smallest absolute Gasteiger partial charge is 0.119 e. The predicted octanol–water partition coefficient (Wildman–Crippen LogP) is 5.23. The van der Waals surface area contributed by atoms with E-state index in [1.807, 2.05) is 6.07 Å². The van der Waals surface area contributed by atoms with Crippen molar-refractivity contribution in [3.63, 3.8) is 0 Å². The van der Waals surface area contributed by atoms with Crippen LogP contribution in [-0.4, -0.2) is 18.4 Å². The van der Waals surface area contributed by atoms with E-state index in [1.54, 1.807) is 0 Å². The summed E-state index contributed by atoms with van der Waals surface area (Å²) in [4.78, 5) is 0. The zero-order chi connectivity index (χ0) is 15.0. The molecule has 19 heavy (non-hydrogen) atoms. The second kappa shape index (κ2) is 5.44. The Morgan fingerprint density at radius 2 is 1.37 bits per heavy atom. The standard InChI is InChI=1S/C17H29OP/c1-16(2,3)13-10-15(18)14(17(4,5)6)9-12(13)11-19(7)8/h9-10,18H,11H2,1-8H3. The quantitative estimate of drug-likeness (QED) is 0.735. The van der Waals surface area contributed by atoms with Gasteiger partial charge in [0.1, 0.15) is 5.75 Å². The molecule has 0 atom stereocenters. The first-order valence-electron chi connectivity index (χ1n) is 6.94. The molecule has 0 saturated carbocycles. The Bertz CT molecular complexity index is 448. The fraction of sp³-hybridized carbons (Fsp3) is 0.647. The third-order valence-corrected chi connectivity index (χ3v) is 4.30. The van der Waals surface area contributed by atoms with E-state index in [0.717, 1.165) is 11.7 Å². The predicted molar refractivity (Wildman–Crippen MR) is 88.0 cm³/mol. The normalized spacial score (nSPS) is 13.1. The van der Waals surface area contributed by atoms with E-state index in [0.29, 0.717) is 5.75 Å². The zero-order valence-corrected chi connectivity index (χ0v) is 14.7. The van der Waals surface area contributed by atoms with Gasteiger partial charge in [-0.05, 0) is 53.1 Å². The molecule has 1 aromatic carbocycles. The van der Waals surface area contributed by atoms with Gasteiger partial charge in [-0.3, -0.25) is 0 Å². The van der Waals surface area contributed by atoms with Crippen LogP contribution >= 0.6 is 7.92 Å². The van der Waals surface area contributed by atoms with Crippen LogP contribution in [0.25, 0.3) is 0 Å². The maximum absolute atomic E-state index is 10.4. The lowest BCUT2D eigenvalue weighted by molar-refractivity contribution is 0.442. The summed E-state index contributed by atoms with van der Waals surface area (Å²) in [5, 5.41) is 10.4. The van der Waals surface area contributed by atoms with E-state index in [9.17, 15) is 5.11 Å². The van der Waals surface area contributed by atoms with E-state index in [2.05, 4.69) is 60.9 Å². The lowest BCUT2D eigenvalue weighted by atomic mass is 9.79. The summed E-state index contributed by atoms with van der Waals surface area (Å²) in [5.41, 5.74) is 3.82. The van der Waals surface area contributed by atoms with Crippen LogP contribution in [0.4, 0.5) is 0 Å². The Labute approximate surface area is 120 Å². The average Bonchev–Trinajstić information content (AvgIpc) is 2.16. The number of phenolic OH excluding ortho intramolecular Hbond substituents is 1. The molecular weight excluding hydrogens is 251 g/mol. The summed E-state index contributed by atoms with van der Waals surface area (Å²) in [5.74, 6) is 0.442. The number of hydrogen-bond donors (Lipinski definition) is 1. The Morgan fingerprint density at radius 3 is 1.74 bits per heavy atom. The summed E-state index contributed by atoms with van der Waals surface area (Å²) < 4.78 is 0. The summed E-state index contributed by atoms with van der Waals surface area (Å²) in [6.45, 7) is 17.7. The van der Waals surface area contributed by atoms with Crippen LogP contribution < -0.4 is 0 Å². The third-order valence-electron chi connectivity index (χ3n) is 3.32. The molecule has 0 aliphatic carbocycles. The molecule has 0 heterocycles. The molecule has 0 amide bonds. The largest absolute Gasteiger partial charge is 0.508 e. The lowest BCUT2D eigenvalue weighted by Gasteiger charge is -2.28. The molecule has 0 radical (unpaired) electrons. The summed E-state index contributed by atoms with van der Waals surface area (Å²) in [6.07, 6.45) is 1.13. The molecule has 0 fully saturated rings. The average molecular weight is 280 g/mol. The Morgan fingerprint density at radius 1 is 0.895 bits per heavy atom. The maximum atomic E-state index is 10.4. The zero-order valence-electron chi connectivity index (χ0n) is 13.8. The number of rotatable bonds is 2. The number of aromatic hydroxyl groups is 1. The van der Waals surface area contributed by atoms with Gasteiger partial charge in [-0.2, -0.15) is 0 Å². The minimum Gasteiger partial charge on any atom is -0.508 e. The second-order valence-electron chi connectivity index (χ2n) is 7.76. The topological polar surface area (TPSA) is 20.2 Å². The van der Waals surface area contributed by atoms with Crippen LogP contribution in [0.3, 0.4) is 0 Å². The second-order valence-corrected chi connectivity index (χ2v) is 10.2. The van der Waals surface area contributed by atoms with E-state index < -0.39 is 0 Å². The van der Waals surface area contributed by atoms with Crippen LogP contribution in [0, 0.1) is 0 Å². The molecular formula is C17H29OP. The van der Waals surface area contributed by atoms with Gasteiger partial charge in [-0.1, -0.05) is 47.6 Å². The van der Waals surface area contributed by atoms with Crippen LogP contribution in [-0.2, 0) is 17.0 Å². The minimum absolute atomic E-state index is 0.0144. The third kappa shape index (κ3) is 4.21. The van der Waals surface area contributed by atoms with Crippen molar-refractivity contribution in [3.05, 3.63) is 28.8 Å². The Hall–Kier alpha value is -0.550. The first-order chi connectivity index (χ1) is 8.43. The van der Waals surface area contributed by atoms with Crippen molar-refractivity contribution < 1.29 is 5.11 Å². The first-order valence-corrected chi connectivity index (χ1v) is 9.36. The first kappa shape index (κ1) is 16.5. The molecule has 0 saturated heterocycles. The highest BCUT2D eigenvalue weighted by atomic mass is 31.1. The highest BCUT2D eigenvalue weighted by molar-refractivity contribution is 7.55. The van der Waals surface area contributed by atoms with Gasteiger partial charge >= 0.3 is 0 Å². The molecule has 0 aliphatic heterocycles. The summed E-state index contributed by atoms with van der Waals surface area (Å²) >= 11 is 0. The van der Waals surface area contributed by atoms with E-state index >= 15 is 0 Å². The molecule has 1 N–H and O–H groups in total. The van der Waals surface area contributed by atoms with Gasteiger partial charge in [0.05, 0.1) is 0 Å². The summed E-state index contributed by atoms with van der Waals surface area (Å²) in [6, 6.07) is 4.23. The molecule has 108 valence electrons. The molecule has 1 aromatic rings. The van der Waals surface area contributed by atoms with Gasteiger partial charge in [0.25, 0.3) is 0 Å². The van der Waals surface area contributed by atoms with E-state index in [-0.39, 0.29) is 18.8 Å². The Balaban J connectivity index is 3.46. The van der Waals surface area contributed by atoms with Crippen molar-refractivity contribution in [3.8, 4) is 5.75 Å². The molecule has 0 unspecified atom stereocenters. The highest BCUT2D eigenvalue weighted by Crippen LogP contribution is 2.41. The van der Waals surface area contributed by atoms with E-state index in [1.165, 1.54) is 11.1 Å². The van der Waals surface area contributed by atoms with Crippen molar-refractivity contribution in [2.75, 3.05) is 13.3 Å². The minimum atomic E-state index is -0.0144. The van der Waals surface area contributed by atoms with Crippen LogP contribution in [0.2, 0.25) is 0 Å². The lowest BCUT2D eigenvalue weighted by Crippen LogP contribution is -2.17. The monoisotopic (exact) mass is 280 g/mol. The molecule has 0 spiro atoms. The number of hydrogen-bond acceptors (Lipinski definition) is 1. The fourth-order valence-corrected chi connectivity index (χ4v) is 3.35. The van der Waals surface area contributed by atoms with Crippen molar-refractivity contribution in [1.29, 1.82) is 0 Å². The van der Waals surface area contributed by atoms with Gasteiger partial charge in [-0.15, -0.1) is 7.92 Å². The number of phenols is 1. The van der Waals surface area contributed by atoms with Crippen molar-refractivity contribution in [1.82, 2.24) is 0 Å². The van der Waals surface area contributed by atoms with Crippen LogP contribution in [0.5, 0.6) is 5.75 Å². The van der Waals surface area contributed by atoms with Gasteiger partial charge in [0.15, 0.2) is 0 Å². The summed E-state index contributed by atoms with van der Waals surface area (Å²) in [7, 11) is 0.0204. The molecule has 0 aromatic heterocycles. The fourth-order valence-electron chi connectivity index (χ4n) is 2.40. The molecule has 0 aliphatic rings. The highest BCUT2D eigenvalue weighted by Gasteiger charge is 2.25.